The number of aliphatic hydroxyl groups is 1. The fraction of sp³-hybridized carbons (Fsp3) is 1.00. The summed E-state index contributed by atoms with van der Waals surface area (Å²) in [5.74, 6) is 0. The molecule has 0 aromatic heterocycles. The van der Waals surface area contributed by atoms with Gasteiger partial charge in [0, 0.05) is 5.25 Å². The van der Waals surface area contributed by atoms with Crippen molar-refractivity contribution >= 4 is 10.1 Å². The summed E-state index contributed by atoms with van der Waals surface area (Å²) in [6, 6.07) is 0. The van der Waals surface area contributed by atoms with E-state index in [1.807, 2.05) is 0 Å². The topological polar surface area (TPSA) is 77.4 Å². The normalized spacial score (nSPS) is 13.7. The van der Waals surface area contributed by atoms with E-state index in [2.05, 4.69) is 13.8 Å². The molecule has 0 fully saturated rings. The van der Waals surface area contributed by atoms with Crippen LogP contribution in [0, 0.1) is 0 Å². The van der Waals surface area contributed by atoms with Gasteiger partial charge in [0.1, 0.15) is 0 Å². The van der Waals surface area contributed by atoms with Gasteiger partial charge in [-0.25, -0.2) is 8.42 Å². The standard InChI is InChI=1S/C24H50O4S.K/c1-3-5-7-8-12-16-19-23(25)20-17-13-10-9-11-14-18-22-24(29(26,27)28)21-15-6-4-2;/h23-25H,3-22H2,1-2H3,(H,26,27,28);/q;+1/p-1. The molecule has 0 bridgehead atoms. The molecule has 0 aliphatic heterocycles. The zero-order valence-electron chi connectivity index (χ0n) is 20.4. The molecule has 0 radical (unpaired) electrons. The van der Waals surface area contributed by atoms with Gasteiger partial charge < -0.3 is 9.66 Å². The molecule has 0 rings (SSSR count). The van der Waals surface area contributed by atoms with Crippen molar-refractivity contribution in [2.24, 2.45) is 0 Å². The Morgan fingerprint density at radius 2 is 0.900 bits per heavy atom. The van der Waals surface area contributed by atoms with Crippen molar-refractivity contribution in [3.63, 3.8) is 0 Å². The first kappa shape index (κ1) is 33.7. The van der Waals surface area contributed by atoms with E-state index in [0.717, 1.165) is 70.6 Å². The van der Waals surface area contributed by atoms with Crippen molar-refractivity contribution in [1.82, 2.24) is 0 Å². The van der Waals surface area contributed by atoms with Crippen LogP contribution in [0.4, 0.5) is 0 Å². The van der Waals surface area contributed by atoms with Crippen molar-refractivity contribution in [1.29, 1.82) is 0 Å². The van der Waals surface area contributed by atoms with Gasteiger partial charge in [-0.05, 0) is 25.7 Å². The molecule has 2 atom stereocenters. The summed E-state index contributed by atoms with van der Waals surface area (Å²) in [5, 5.41) is 9.37. The molecule has 2 unspecified atom stereocenters. The van der Waals surface area contributed by atoms with Crippen LogP contribution in [-0.4, -0.2) is 29.4 Å². The minimum absolute atomic E-state index is 0. The molecule has 0 heterocycles. The van der Waals surface area contributed by atoms with Crippen LogP contribution >= 0.6 is 0 Å². The summed E-state index contributed by atoms with van der Waals surface area (Å²) >= 11 is 0. The first-order valence-corrected chi connectivity index (χ1v) is 14.0. The van der Waals surface area contributed by atoms with Gasteiger partial charge >= 0.3 is 51.4 Å². The third-order valence-electron chi connectivity index (χ3n) is 5.99. The molecule has 30 heavy (non-hydrogen) atoms. The van der Waals surface area contributed by atoms with Gasteiger partial charge in [-0.1, -0.05) is 117 Å². The number of rotatable bonds is 22. The van der Waals surface area contributed by atoms with E-state index in [0.29, 0.717) is 12.8 Å². The number of unbranched alkanes of at least 4 members (excludes halogenated alkanes) is 13. The number of aliphatic hydroxyl groups excluding tert-OH is 1. The van der Waals surface area contributed by atoms with E-state index < -0.39 is 15.4 Å². The Labute approximate surface area is 230 Å². The molecule has 176 valence electrons. The van der Waals surface area contributed by atoms with Crippen LogP contribution in [0.15, 0.2) is 0 Å². The Balaban J connectivity index is 0. The Morgan fingerprint density at radius 3 is 1.30 bits per heavy atom. The Morgan fingerprint density at radius 1 is 0.600 bits per heavy atom. The van der Waals surface area contributed by atoms with Gasteiger partial charge in [-0.3, -0.25) is 0 Å². The summed E-state index contributed by atoms with van der Waals surface area (Å²) in [5.41, 5.74) is 0. The van der Waals surface area contributed by atoms with Gasteiger partial charge in [-0.2, -0.15) is 0 Å². The molecule has 4 nitrogen and oxygen atoms in total. The molecule has 0 saturated heterocycles. The summed E-state index contributed by atoms with van der Waals surface area (Å²) in [6.45, 7) is 4.31. The first-order valence-electron chi connectivity index (χ1n) is 12.5. The van der Waals surface area contributed by atoms with Crippen molar-refractivity contribution in [3.05, 3.63) is 0 Å². The van der Waals surface area contributed by atoms with Crippen LogP contribution < -0.4 is 51.4 Å². The second-order valence-electron chi connectivity index (χ2n) is 8.87. The van der Waals surface area contributed by atoms with E-state index in [9.17, 15) is 18.1 Å². The van der Waals surface area contributed by atoms with Gasteiger partial charge in [0.2, 0.25) is 0 Å². The Kier molecular flexibility index (Phi) is 26.6. The average molecular weight is 473 g/mol. The molecule has 0 amide bonds. The molecule has 0 spiro atoms. The van der Waals surface area contributed by atoms with E-state index >= 15 is 0 Å². The zero-order chi connectivity index (χ0) is 21.8. The number of hydrogen-bond acceptors (Lipinski definition) is 4. The molecule has 0 aromatic carbocycles. The molecule has 0 aliphatic carbocycles. The van der Waals surface area contributed by atoms with Crippen LogP contribution in [0.2, 0.25) is 0 Å². The molecular weight excluding hydrogens is 423 g/mol. The van der Waals surface area contributed by atoms with Crippen LogP contribution in [0.1, 0.15) is 142 Å². The van der Waals surface area contributed by atoms with Gasteiger partial charge in [0.05, 0.1) is 16.2 Å². The van der Waals surface area contributed by atoms with Crippen molar-refractivity contribution in [2.45, 2.75) is 154 Å². The van der Waals surface area contributed by atoms with Crippen LogP contribution in [0.3, 0.4) is 0 Å². The second kappa shape index (κ2) is 23.7. The first-order chi connectivity index (χ1) is 13.9. The smallest absolute Gasteiger partial charge is 0.748 e. The minimum atomic E-state index is -4.15. The molecule has 0 saturated carbocycles. The quantitative estimate of drug-likeness (QED) is 0.146. The Hall–Kier alpha value is 1.51. The van der Waals surface area contributed by atoms with Gasteiger partial charge in [0.15, 0.2) is 0 Å². The second-order valence-corrected chi connectivity index (χ2v) is 10.5. The fourth-order valence-electron chi connectivity index (χ4n) is 4.00. The maximum absolute atomic E-state index is 11.4. The summed E-state index contributed by atoms with van der Waals surface area (Å²) in [4.78, 5) is 0. The SMILES string of the molecule is CCCCCCCCC(O)CCCCCCCCCC(CCCCC)S(=O)(=O)[O-].[K+]. The predicted octanol–water partition coefficient (Wildman–Crippen LogP) is 4.11. The summed E-state index contributed by atoms with van der Waals surface area (Å²) in [6.07, 6.45) is 20.9. The van der Waals surface area contributed by atoms with Crippen molar-refractivity contribution < 1.29 is 69.5 Å². The average Bonchev–Trinajstić information content (AvgIpc) is 2.67. The minimum Gasteiger partial charge on any atom is -0.748 e. The number of hydrogen-bond donors (Lipinski definition) is 1. The fourth-order valence-corrected chi connectivity index (χ4v) is 4.91. The van der Waals surface area contributed by atoms with Crippen molar-refractivity contribution in [3.8, 4) is 0 Å². The maximum Gasteiger partial charge on any atom is 1.00 e. The monoisotopic (exact) mass is 472 g/mol. The molecular formula is C24H49KO4S. The van der Waals surface area contributed by atoms with Crippen LogP contribution in [0.5, 0.6) is 0 Å². The maximum atomic E-state index is 11.4. The predicted molar refractivity (Wildman–Crippen MR) is 123 cm³/mol. The van der Waals surface area contributed by atoms with E-state index in [-0.39, 0.29) is 57.5 Å². The van der Waals surface area contributed by atoms with E-state index in [1.165, 1.54) is 44.9 Å². The van der Waals surface area contributed by atoms with Crippen LogP contribution in [0.25, 0.3) is 0 Å². The molecule has 1 N–H and O–H groups in total. The molecule has 6 heteroatoms. The van der Waals surface area contributed by atoms with Crippen molar-refractivity contribution in [2.75, 3.05) is 0 Å². The van der Waals surface area contributed by atoms with Gasteiger partial charge in [0.25, 0.3) is 0 Å². The molecule has 0 aromatic rings. The zero-order valence-corrected chi connectivity index (χ0v) is 24.3. The van der Waals surface area contributed by atoms with E-state index in [1.54, 1.807) is 0 Å². The summed E-state index contributed by atoms with van der Waals surface area (Å²) in [7, 11) is -4.15. The summed E-state index contributed by atoms with van der Waals surface area (Å²) < 4.78 is 34.1. The van der Waals surface area contributed by atoms with Crippen LogP contribution in [-0.2, 0) is 10.1 Å². The third kappa shape index (κ3) is 22.7. The Bertz CT molecular complexity index is 442. The van der Waals surface area contributed by atoms with E-state index in [4.69, 9.17) is 0 Å². The van der Waals surface area contributed by atoms with Gasteiger partial charge in [-0.15, -0.1) is 0 Å². The third-order valence-corrected chi connectivity index (χ3v) is 7.28. The molecule has 0 aliphatic rings. The largest absolute Gasteiger partial charge is 1.00 e.